The van der Waals surface area contributed by atoms with Crippen molar-refractivity contribution in [3.8, 4) is 0 Å². The topological polar surface area (TPSA) is 54.4 Å². The van der Waals surface area contributed by atoms with Gasteiger partial charge in [-0.05, 0) is 29.9 Å². The standard InChI is InChI=1S/C9H12O3S2/c1-8-2-4-9(5-3-8)14(11,12)13-7-6-10/h2-5,10H,6-7H2,1H3. The van der Waals surface area contributed by atoms with Gasteiger partial charge in [0.25, 0.3) is 0 Å². The first-order valence-corrected chi connectivity index (χ1v) is 7.12. The summed E-state index contributed by atoms with van der Waals surface area (Å²) in [7, 11) is -2.52. The predicted molar refractivity (Wildman–Crippen MR) is 57.9 cm³/mol. The Balaban J connectivity index is 2.87. The lowest BCUT2D eigenvalue weighted by molar-refractivity contribution is 0.323. The summed E-state index contributed by atoms with van der Waals surface area (Å²) in [6, 6.07) is 6.67. The average molecular weight is 232 g/mol. The SMILES string of the molecule is Cc1ccc(S(=O)(=O)SCCO)cc1. The van der Waals surface area contributed by atoms with Crippen LogP contribution in [0.15, 0.2) is 29.2 Å². The molecular weight excluding hydrogens is 220 g/mol. The van der Waals surface area contributed by atoms with Gasteiger partial charge in [0, 0.05) is 5.75 Å². The summed E-state index contributed by atoms with van der Waals surface area (Å²) < 4.78 is 23.1. The molecular formula is C9H12O3S2. The van der Waals surface area contributed by atoms with Gasteiger partial charge in [0.15, 0.2) is 0 Å². The molecule has 0 bridgehead atoms. The normalized spacial score (nSPS) is 11.6. The van der Waals surface area contributed by atoms with E-state index in [0.717, 1.165) is 16.4 Å². The Kier molecular flexibility index (Phi) is 3.97. The lowest BCUT2D eigenvalue weighted by Gasteiger charge is -2.02. The molecule has 14 heavy (non-hydrogen) atoms. The van der Waals surface area contributed by atoms with E-state index in [1.165, 1.54) is 0 Å². The molecule has 0 saturated carbocycles. The highest BCUT2D eigenvalue weighted by Gasteiger charge is 2.13. The first kappa shape index (κ1) is 11.6. The van der Waals surface area contributed by atoms with Crippen LogP contribution in [0.2, 0.25) is 0 Å². The minimum Gasteiger partial charge on any atom is -0.395 e. The average Bonchev–Trinajstić information content (AvgIpc) is 2.16. The first-order chi connectivity index (χ1) is 6.56. The first-order valence-electron chi connectivity index (χ1n) is 4.13. The van der Waals surface area contributed by atoms with E-state index in [1.54, 1.807) is 24.3 Å². The van der Waals surface area contributed by atoms with Crippen molar-refractivity contribution < 1.29 is 13.5 Å². The fourth-order valence-electron chi connectivity index (χ4n) is 0.920. The largest absolute Gasteiger partial charge is 0.395 e. The molecule has 0 aliphatic heterocycles. The molecule has 1 N–H and O–H groups in total. The van der Waals surface area contributed by atoms with Gasteiger partial charge >= 0.3 is 0 Å². The van der Waals surface area contributed by atoms with Crippen molar-refractivity contribution in [1.29, 1.82) is 0 Å². The molecule has 1 aromatic rings. The Hall–Kier alpha value is -0.520. The van der Waals surface area contributed by atoms with Crippen molar-refractivity contribution in [3.05, 3.63) is 29.8 Å². The predicted octanol–water partition coefficient (Wildman–Crippen LogP) is 1.41. The fraction of sp³-hybridized carbons (Fsp3) is 0.333. The van der Waals surface area contributed by atoms with Crippen LogP contribution in [0.1, 0.15) is 5.56 Å². The van der Waals surface area contributed by atoms with Crippen LogP contribution in [0.4, 0.5) is 0 Å². The van der Waals surface area contributed by atoms with Gasteiger partial charge in [-0.1, -0.05) is 17.7 Å². The summed E-state index contributed by atoms with van der Waals surface area (Å²) in [5.41, 5.74) is 1.02. The van der Waals surface area contributed by atoms with E-state index in [-0.39, 0.29) is 12.4 Å². The van der Waals surface area contributed by atoms with E-state index in [0.29, 0.717) is 4.90 Å². The smallest absolute Gasteiger partial charge is 0.230 e. The van der Waals surface area contributed by atoms with Crippen molar-refractivity contribution in [2.45, 2.75) is 11.8 Å². The van der Waals surface area contributed by atoms with E-state index in [2.05, 4.69) is 0 Å². The molecule has 0 aliphatic rings. The fourth-order valence-corrected chi connectivity index (χ4v) is 3.44. The highest BCUT2D eigenvalue weighted by molar-refractivity contribution is 8.72. The summed E-state index contributed by atoms with van der Waals surface area (Å²) >= 11 is 0. The monoisotopic (exact) mass is 232 g/mol. The molecule has 3 nitrogen and oxygen atoms in total. The zero-order chi connectivity index (χ0) is 10.6. The summed E-state index contributed by atoms with van der Waals surface area (Å²) in [6.45, 7) is 1.77. The second-order valence-corrected chi connectivity index (χ2v) is 6.86. The van der Waals surface area contributed by atoms with Crippen molar-refractivity contribution in [3.63, 3.8) is 0 Å². The minimum absolute atomic E-state index is 0.129. The summed E-state index contributed by atoms with van der Waals surface area (Å²) in [6.07, 6.45) is 0. The van der Waals surface area contributed by atoms with E-state index >= 15 is 0 Å². The van der Waals surface area contributed by atoms with Crippen LogP contribution in [-0.4, -0.2) is 25.9 Å². The molecule has 0 saturated heterocycles. The van der Waals surface area contributed by atoms with Crippen molar-refractivity contribution in [2.75, 3.05) is 12.4 Å². The number of benzene rings is 1. The van der Waals surface area contributed by atoms with Crippen LogP contribution >= 0.6 is 10.8 Å². The lowest BCUT2D eigenvalue weighted by atomic mass is 10.2. The number of hydrogen-bond acceptors (Lipinski definition) is 4. The number of aryl methyl sites for hydroxylation is 1. The number of hydrogen-bond donors (Lipinski definition) is 1. The van der Waals surface area contributed by atoms with Crippen molar-refractivity contribution >= 4 is 19.7 Å². The Bertz CT molecular complexity index is 381. The van der Waals surface area contributed by atoms with E-state index < -0.39 is 8.87 Å². The molecule has 0 fully saturated rings. The molecule has 0 radical (unpaired) electrons. The minimum atomic E-state index is -3.28. The maximum Gasteiger partial charge on any atom is 0.230 e. The molecule has 0 aromatic heterocycles. The van der Waals surface area contributed by atoms with Crippen LogP contribution in [0.5, 0.6) is 0 Å². The molecule has 0 unspecified atom stereocenters. The Morgan fingerprint density at radius 3 is 2.36 bits per heavy atom. The zero-order valence-corrected chi connectivity index (χ0v) is 9.44. The number of rotatable bonds is 4. The molecule has 1 rings (SSSR count). The van der Waals surface area contributed by atoms with Gasteiger partial charge < -0.3 is 5.11 Å². The van der Waals surface area contributed by atoms with Gasteiger partial charge in [0.1, 0.15) is 0 Å². The molecule has 0 heterocycles. The summed E-state index contributed by atoms with van der Waals surface area (Å²) in [5.74, 6) is 0.205. The van der Waals surface area contributed by atoms with E-state index in [1.807, 2.05) is 6.92 Å². The third kappa shape index (κ3) is 3.01. The van der Waals surface area contributed by atoms with Gasteiger partial charge in [-0.3, -0.25) is 0 Å². The van der Waals surface area contributed by atoms with Crippen LogP contribution in [0, 0.1) is 6.92 Å². The van der Waals surface area contributed by atoms with Crippen molar-refractivity contribution in [1.82, 2.24) is 0 Å². The maximum atomic E-state index is 11.6. The van der Waals surface area contributed by atoms with E-state index in [9.17, 15) is 8.42 Å². The van der Waals surface area contributed by atoms with Crippen LogP contribution in [0.25, 0.3) is 0 Å². The highest BCUT2D eigenvalue weighted by Crippen LogP contribution is 2.22. The molecule has 0 spiro atoms. The Morgan fingerprint density at radius 1 is 1.29 bits per heavy atom. The molecule has 0 atom stereocenters. The molecule has 0 amide bonds. The molecule has 5 heteroatoms. The third-order valence-electron chi connectivity index (χ3n) is 1.64. The molecule has 0 aliphatic carbocycles. The van der Waals surface area contributed by atoms with Crippen LogP contribution in [0.3, 0.4) is 0 Å². The Morgan fingerprint density at radius 2 is 1.86 bits per heavy atom. The molecule has 78 valence electrons. The number of aliphatic hydroxyl groups excluding tert-OH is 1. The van der Waals surface area contributed by atoms with Crippen LogP contribution < -0.4 is 0 Å². The Labute approximate surface area is 87.5 Å². The van der Waals surface area contributed by atoms with Gasteiger partial charge in [-0.15, -0.1) is 0 Å². The molecule has 1 aromatic carbocycles. The quantitative estimate of drug-likeness (QED) is 0.797. The zero-order valence-electron chi connectivity index (χ0n) is 7.80. The summed E-state index contributed by atoms with van der Waals surface area (Å²) in [4.78, 5) is 0.293. The highest BCUT2D eigenvalue weighted by atomic mass is 33.1. The van der Waals surface area contributed by atoms with Gasteiger partial charge in [0.2, 0.25) is 8.87 Å². The van der Waals surface area contributed by atoms with Gasteiger partial charge in [-0.25, -0.2) is 8.42 Å². The second-order valence-electron chi connectivity index (χ2n) is 2.81. The van der Waals surface area contributed by atoms with E-state index in [4.69, 9.17) is 5.11 Å². The second kappa shape index (κ2) is 4.82. The third-order valence-corrected chi connectivity index (χ3v) is 5.16. The van der Waals surface area contributed by atoms with Gasteiger partial charge in [0.05, 0.1) is 11.5 Å². The maximum absolute atomic E-state index is 11.6. The van der Waals surface area contributed by atoms with Crippen LogP contribution in [-0.2, 0) is 8.87 Å². The summed E-state index contributed by atoms with van der Waals surface area (Å²) in [5, 5.41) is 8.54. The van der Waals surface area contributed by atoms with Gasteiger partial charge in [-0.2, -0.15) is 0 Å². The van der Waals surface area contributed by atoms with Crippen molar-refractivity contribution in [2.24, 2.45) is 0 Å². The lowest BCUT2D eigenvalue weighted by Crippen LogP contribution is -1.98. The number of aliphatic hydroxyl groups is 1.